The molecule has 3 aliphatic rings. The maximum atomic E-state index is 13.0. The molecule has 3 aromatic carbocycles. The Labute approximate surface area is 221 Å². The number of carbonyl (C=O) groups is 2. The first-order chi connectivity index (χ1) is 18.0. The van der Waals surface area contributed by atoms with E-state index in [1.54, 1.807) is 12.1 Å². The molecule has 0 saturated carbocycles. The third-order valence-electron chi connectivity index (χ3n) is 7.11. The summed E-state index contributed by atoms with van der Waals surface area (Å²) in [6.45, 7) is 3.19. The van der Waals surface area contributed by atoms with Crippen molar-refractivity contribution in [2.45, 2.75) is 31.6 Å². The molecule has 3 heterocycles. The summed E-state index contributed by atoms with van der Waals surface area (Å²) in [5, 5.41) is 12.4. The van der Waals surface area contributed by atoms with Crippen LogP contribution in [0.1, 0.15) is 45.9 Å². The number of hydrogen-bond acceptors (Lipinski definition) is 5. The Morgan fingerprint density at radius 3 is 2.43 bits per heavy atom. The van der Waals surface area contributed by atoms with E-state index in [2.05, 4.69) is 10.2 Å². The number of nitrogens with zero attached hydrogens (tertiary/aromatic N) is 1. The first kappa shape index (κ1) is 25.1. The van der Waals surface area contributed by atoms with E-state index in [-0.39, 0.29) is 23.3 Å². The molecule has 192 valence electrons. The molecule has 6 rings (SSSR count). The molecule has 0 aliphatic carbocycles. The van der Waals surface area contributed by atoms with Crippen LogP contribution in [0.25, 0.3) is 0 Å². The Kier molecular flexibility index (Phi) is 7.63. The number of carbonyl (C=O) groups excluding carboxylic acids is 1. The predicted octanol–water partition coefficient (Wildman–Crippen LogP) is 5.53. The summed E-state index contributed by atoms with van der Waals surface area (Å²) in [6.07, 6.45) is 1.65. The van der Waals surface area contributed by atoms with Crippen LogP contribution >= 0.6 is 11.6 Å². The molecule has 3 fully saturated rings. The van der Waals surface area contributed by atoms with Gasteiger partial charge in [-0.3, -0.25) is 4.90 Å². The number of halogens is 1. The molecule has 7 nitrogen and oxygen atoms in total. The predicted molar refractivity (Wildman–Crippen MR) is 140 cm³/mol. The molecule has 3 saturated heterocycles. The number of piperidine rings is 3. The summed E-state index contributed by atoms with van der Waals surface area (Å²) >= 11 is 6.09. The van der Waals surface area contributed by atoms with Gasteiger partial charge in [-0.05, 0) is 72.8 Å². The van der Waals surface area contributed by atoms with Crippen molar-refractivity contribution < 1.29 is 24.2 Å². The van der Waals surface area contributed by atoms with Crippen molar-refractivity contribution in [3.63, 3.8) is 0 Å². The highest BCUT2D eigenvalue weighted by Crippen LogP contribution is 2.31. The molecule has 8 heteroatoms. The van der Waals surface area contributed by atoms with Gasteiger partial charge < -0.3 is 19.9 Å². The monoisotopic (exact) mass is 520 g/mol. The zero-order valence-electron chi connectivity index (χ0n) is 20.3. The Morgan fingerprint density at radius 2 is 1.76 bits per heavy atom. The minimum Gasteiger partial charge on any atom is -0.489 e. The molecular weight excluding hydrogens is 492 g/mol. The number of hydrogen-bond donors (Lipinski definition) is 2. The van der Waals surface area contributed by atoms with Crippen molar-refractivity contribution in [2.75, 3.05) is 19.6 Å². The van der Waals surface area contributed by atoms with Gasteiger partial charge in [-0.1, -0.05) is 60.1 Å². The number of nitrogens with one attached hydrogen (secondary N) is 1. The minimum absolute atomic E-state index is 0.0503. The highest BCUT2D eigenvalue weighted by Gasteiger charge is 2.36. The van der Waals surface area contributed by atoms with Gasteiger partial charge in [-0.2, -0.15) is 0 Å². The van der Waals surface area contributed by atoms with Crippen molar-refractivity contribution in [1.29, 1.82) is 0 Å². The second-order valence-corrected chi connectivity index (χ2v) is 9.96. The number of aromatic carboxylic acids is 1. The van der Waals surface area contributed by atoms with Crippen LogP contribution in [0.3, 0.4) is 0 Å². The summed E-state index contributed by atoms with van der Waals surface area (Å²) < 4.78 is 11.9. The SMILES string of the molecule is O=C(NC(c1ccccc1)c1cccc(OCc2ccc(C(=O)O)c(Cl)c2)c1)O[C@H]1CN2CCC1CC2. The normalized spacial score (nSPS) is 21.2. The summed E-state index contributed by atoms with van der Waals surface area (Å²) in [5.41, 5.74) is 2.59. The van der Waals surface area contributed by atoms with Crippen molar-refractivity contribution in [1.82, 2.24) is 10.2 Å². The number of rotatable bonds is 8. The van der Waals surface area contributed by atoms with Crippen LogP contribution in [0.4, 0.5) is 4.79 Å². The lowest BCUT2D eigenvalue weighted by atomic mass is 9.86. The average Bonchev–Trinajstić information content (AvgIpc) is 2.92. The lowest BCUT2D eigenvalue weighted by Gasteiger charge is -2.43. The number of ether oxygens (including phenoxy) is 2. The third-order valence-corrected chi connectivity index (χ3v) is 7.42. The minimum atomic E-state index is -1.07. The van der Waals surface area contributed by atoms with Crippen LogP contribution in [-0.4, -0.2) is 47.8 Å². The van der Waals surface area contributed by atoms with Crippen molar-refractivity contribution in [3.8, 4) is 5.75 Å². The van der Waals surface area contributed by atoms with Crippen molar-refractivity contribution >= 4 is 23.7 Å². The molecule has 37 heavy (non-hydrogen) atoms. The van der Waals surface area contributed by atoms with Crippen LogP contribution in [0.5, 0.6) is 5.75 Å². The Hall–Kier alpha value is -3.55. The quantitative estimate of drug-likeness (QED) is 0.406. The smallest absolute Gasteiger partial charge is 0.408 e. The fourth-order valence-electron chi connectivity index (χ4n) is 5.11. The van der Waals surface area contributed by atoms with Gasteiger partial charge in [0.25, 0.3) is 0 Å². The summed E-state index contributed by atoms with van der Waals surface area (Å²) in [7, 11) is 0. The van der Waals surface area contributed by atoms with Crippen LogP contribution in [0.15, 0.2) is 72.8 Å². The van der Waals surface area contributed by atoms with Gasteiger partial charge in [0.05, 0.1) is 16.6 Å². The molecule has 1 unspecified atom stereocenters. The number of alkyl carbamates (subject to hydrolysis) is 1. The average molecular weight is 521 g/mol. The number of carboxylic acid groups (broad SMARTS) is 1. The maximum Gasteiger partial charge on any atom is 0.408 e. The molecule has 0 aromatic heterocycles. The van der Waals surface area contributed by atoms with Crippen LogP contribution < -0.4 is 10.1 Å². The standard InChI is InChI=1S/C29H29ClN2O5/c30-25-15-19(9-10-24(25)28(33)34)18-36-23-8-4-7-22(16-23)27(21-5-2-1-3-6-21)31-29(35)37-26-17-32-13-11-20(26)12-14-32/h1-10,15-16,20,26-27H,11-14,17-18H2,(H,31,35)(H,33,34)/t26-,27?/m0/s1. The topological polar surface area (TPSA) is 88.1 Å². The van der Waals surface area contributed by atoms with Crippen molar-refractivity contribution in [3.05, 3.63) is 100 Å². The van der Waals surface area contributed by atoms with Crippen LogP contribution in [0.2, 0.25) is 5.02 Å². The molecule has 2 atom stereocenters. The first-order valence-corrected chi connectivity index (χ1v) is 12.8. The third kappa shape index (κ3) is 6.06. The lowest BCUT2D eigenvalue weighted by Crippen LogP contribution is -2.52. The molecule has 0 radical (unpaired) electrons. The van der Waals surface area contributed by atoms with Gasteiger partial charge >= 0.3 is 12.1 Å². The number of amides is 1. The highest BCUT2D eigenvalue weighted by atomic mass is 35.5. The van der Waals surface area contributed by atoms with Gasteiger partial charge in [-0.15, -0.1) is 0 Å². The first-order valence-electron chi connectivity index (χ1n) is 12.4. The lowest BCUT2D eigenvalue weighted by molar-refractivity contribution is -0.0336. The number of fused-ring (bicyclic) bond motifs is 3. The number of carboxylic acids is 1. The fraction of sp³-hybridized carbons (Fsp3) is 0.310. The van der Waals surface area contributed by atoms with E-state index < -0.39 is 18.1 Å². The molecule has 2 bridgehead atoms. The van der Waals surface area contributed by atoms with E-state index >= 15 is 0 Å². The molecular formula is C29H29ClN2O5. The Morgan fingerprint density at radius 1 is 1.00 bits per heavy atom. The summed E-state index contributed by atoms with van der Waals surface area (Å²) in [4.78, 5) is 26.6. The van der Waals surface area contributed by atoms with Crippen LogP contribution in [0, 0.1) is 5.92 Å². The van der Waals surface area contributed by atoms with Crippen LogP contribution in [-0.2, 0) is 11.3 Å². The summed E-state index contributed by atoms with van der Waals surface area (Å²) in [5.74, 6) is -0.0261. The van der Waals surface area contributed by atoms with E-state index in [1.807, 2.05) is 54.6 Å². The molecule has 3 aliphatic heterocycles. The van der Waals surface area contributed by atoms with E-state index in [0.29, 0.717) is 11.7 Å². The fourth-order valence-corrected chi connectivity index (χ4v) is 5.39. The largest absolute Gasteiger partial charge is 0.489 e. The van der Waals surface area contributed by atoms with Gasteiger partial charge in [0.1, 0.15) is 18.5 Å². The second kappa shape index (κ2) is 11.2. The van der Waals surface area contributed by atoms with Gasteiger partial charge in [0.15, 0.2) is 0 Å². The van der Waals surface area contributed by atoms with Crippen molar-refractivity contribution in [2.24, 2.45) is 5.92 Å². The van der Waals surface area contributed by atoms with Gasteiger partial charge in [0, 0.05) is 6.54 Å². The maximum absolute atomic E-state index is 13.0. The zero-order chi connectivity index (χ0) is 25.8. The van der Waals surface area contributed by atoms with E-state index in [4.69, 9.17) is 26.2 Å². The van der Waals surface area contributed by atoms with Gasteiger partial charge in [0.2, 0.25) is 0 Å². The molecule has 0 spiro atoms. The Bertz CT molecular complexity index is 1260. The zero-order valence-corrected chi connectivity index (χ0v) is 21.1. The number of benzene rings is 3. The van der Waals surface area contributed by atoms with E-state index in [1.165, 1.54) is 6.07 Å². The molecule has 1 amide bonds. The second-order valence-electron chi connectivity index (χ2n) is 9.55. The molecule has 2 N–H and O–H groups in total. The highest BCUT2D eigenvalue weighted by molar-refractivity contribution is 6.33. The van der Waals surface area contributed by atoms with E-state index in [9.17, 15) is 9.59 Å². The Balaban J connectivity index is 1.30. The van der Waals surface area contributed by atoms with E-state index in [0.717, 1.165) is 49.2 Å². The summed E-state index contributed by atoms with van der Waals surface area (Å²) in [6, 6.07) is 21.6. The molecule has 3 aromatic rings. The van der Waals surface area contributed by atoms with Gasteiger partial charge in [-0.25, -0.2) is 9.59 Å².